The van der Waals surface area contributed by atoms with E-state index in [9.17, 15) is 13.2 Å². The van der Waals surface area contributed by atoms with Crippen molar-refractivity contribution in [3.8, 4) is 0 Å². The molecule has 0 aromatic rings. The minimum Gasteiger partial charge on any atom is -0.480 e. The summed E-state index contributed by atoms with van der Waals surface area (Å²) >= 11 is 0. The molecule has 0 saturated heterocycles. The normalized spacial score (nSPS) is 14.0. The van der Waals surface area contributed by atoms with Crippen molar-refractivity contribution in [2.75, 3.05) is 18.1 Å². The summed E-state index contributed by atoms with van der Waals surface area (Å²) in [6, 6.07) is -0.702. The van der Waals surface area contributed by atoms with Crippen LogP contribution in [-0.4, -0.2) is 43.6 Å². The monoisotopic (exact) mass is 209 g/mol. The van der Waals surface area contributed by atoms with E-state index >= 15 is 0 Å². The summed E-state index contributed by atoms with van der Waals surface area (Å²) in [6.07, 6.45) is 0. The van der Waals surface area contributed by atoms with Crippen LogP contribution in [0, 0.1) is 0 Å². The summed E-state index contributed by atoms with van der Waals surface area (Å²) < 4.78 is 21.9. The summed E-state index contributed by atoms with van der Waals surface area (Å²) in [4.78, 5) is 10.3. The van der Waals surface area contributed by atoms with Crippen LogP contribution >= 0.6 is 0 Å². The lowest BCUT2D eigenvalue weighted by Crippen LogP contribution is -2.36. The molecule has 0 radical (unpaired) electrons. The Labute approximate surface area is 78.1 Å². The van der Waals surface area contributed by atoms with Gasteiger partial charge in [0.15, 0.2) is 9.84 Å². The highest BCUT2D eigenvalue weighted by atomic mass is 32.2. The van der Waals surface area contributed by atoms with E-state index in [-0.39, 0.29) is 18.1 Å². The quantitative estimate of drug-likeness (QED) is 0.615. The molecular weight excluding hydrogens is 194 g/mol. The molecule has 0 unspecified atom stereocenters. The maximum absolute atomic E-state index is 11.0. The van der Waals surface area contributed by atoms with E-state index in [4.69, 9.17) is 5.11 Å². The molecule has 78 valence electrons. The number of aliphatic carboxylic acids is 1. The molecular formula is C7H15NO4S. The predicted octanol–water partition coefficient (Wildman–Crippen LogP) is -0.516. The Balaban J connectivity index is 3.75. The van der Waals surface area contributed by atoms with Gasteiger partial charge in [0, 0.05) is 12.3 Å². The van der Waals surface area contributed by atoms with Gasteiger partial charge in [0.25, 0.3) is 0 Å². The molecule has 0 aromatic carbocycles. The molecule has 2 N–H and O–H groups in total. The number of sulfone groups is 1. The Bertz CT molecular complexity index is 260. The van der Waals surface area contributed by atoms with Crippen molar-refractivity contribution in [3.63, 3.8) is 0 Å². The molecule has 13 heavy (non-hydrogen) atoms. The van der Waals surface area contributed by atoms with Crippen LogP contribution in [-0.2, 0) is 14.6 Å². The molecule has 0 aliphatic rings. The first-order chi connectivity index (χ1) is 5.89. The molecule has 0 bridgehead atoms. The zero-order valence-electron chi connectivity index (χ0n) is 7.78. The highest BCUT2D eigenvalue weighted by molar-refractivity contribution is 7.91. The fraction of sp³-hybridized carbons (Fsp3) is 0.857. The van der Waals surface area contributed by atoms with Crippen LogP contribution in [0.25, 0.3) is 0 Å². The van der Waals surface area contributed by atoms with E-state index in [1.807, 2.05) is 0 Å². The lowest BCUT2D eigenvalue weighted by atomic mass is 10.3. The number of hydrogen-bond acceptors (Lipinski definition) is 4. The number of hydrogen-bond donors (Lipinski definition) is 2. The minimum atomic E-state index is -3.00. The average Bonchev–Trinajstić information content (AvgIpc) is 2.04. The third kappa shape index (κ3) is 5.59. The van der Waals surface area contributed by atoms with E-state index in [2.05, 4.69) is 5.32 Å². The van der Waals surface area contributed by atoms with Crippen molar-refractivity contribution >= 4 is 15.8 Å². The van der Waals surface area contributed by atoms with E-state index < -0.39 is 21.8 Å². The third-order valence-corrected chi connectivity index (χ3v) is 3.38. The Morgan fingerprint density at radius 2 is 2.08 bits per heavy atom. The summed E-state index contributed by atoms with van der Waals surface area (Å²) in [5.74, 6) is -0.897. The fourth-order valence-corrected chi connectivity index (χ4v) is 1.38. The van der Waals surface area contributed by atoms with Gasteiger partial charge < -0.3 is 10.4 Å². The number of nitrogens with one attached hydrogen (secondary N) is 1. The van der Waals surface area contributed by atoms with Gasteiger partial charge in [-0.2, -0.15) is 0 Å². The number of carbonyl (C=O) groups is 1. The van der Waals surface area contributed by atoms with Gasteiger partial charge in [0.2, 0.25) is 0 Å². The highest BCUT2D eigenvalue weighted by Gasteiger charge is 2.11. The molecule has 0 fully saturated rings. The van der Waals surface area contributed by atoms with Crippen LogP contribution in [0.15, 0.2) is 0 Å². The van der Waals surface area contributed by atoms with E-state index in [0.717, 1.165) is 0 Å². The van der Waals surface area contributed by atoms with Gasteiger partial charge in [-0.05, 0) is 6.92 Å². The summed E-state index contributed by atoms with van der Waals surface area (Å²) in [7, 11) is -3.00. The van der Waals surface area contributed by atoms with Crippen LogP contribution in [0.3, 0.4) is 0 Å². The third-order valence-electron chi connectivity index (χ3n) is 1.67. The molecule has 5 nitrogen and oxygen atoms in total. The Hall–Kier alpha value is -0.620. The van der Waals surface area contributed by atoms with Crippen LogP contribution in [0.5, 0.6) is 0 Å². The lowest BCUT2D eigenvalue weighted by molar-refractivity contribution is -0.138. The van der Waals surface area contributed by atoms with Crippen molar-refractivity contribution in [1.29, 1.82) is 0 Å². The summed E-state index contributed by atoms with van der Waals surface area (Å²) in [5, 5.41) is 11.1. The molecule has 0 aliphatic heterocycles. The lowest BCUT2D eigenvalue weighted by Gasteiger charge is -2.08. The van der Waals surface area contributed by atoms with E-state index in [0.29, 0.717) is 0 Å². The Morgan fingerprint density at radius 1 is 1.54 bits per heavy atom. The molecule has 0 aliphatic carbocycles. The van der Waals surface area contributed by atoms with Crippen molar-refractivity contribution in [3.05, 3.63) is 0 Å². The second kappa shape index (κ2) is 5.18. The Kier molecular flexibility index (Phi) is 4.94. The largest absolute Gasteiger partial charge is 0.480 e. The van der Waals surface area contributed by atoms with Crippen molar-refractivity contribution < 1.29 is 18.3 Å². The number of carboxylic acids is 1. The van der Waals surface area contributed by atoms with Crippen LogP contribution in [0.1, 0.15) is 13.8 Å². The first-order valence-corrected chi connectivity index (χ1v) is 5.88. The second-order valence-corrected chi connectivity index (χ2v) is 5.22. The zero-order valence-corrected chi connectivity index (χ0v) is 8.60. The van der Waals surface area contributed by atoms with E-state index in [1.165, 1.54) is 6.92 Å². The maximum Gasteiger partial charge on any atom is 0.320 e. The van der Waals surface area contributed by atoms with Crippen LogP contribution < -0.4 is 5.32 Å². The summed E-state index contributed by atoms with van der Waals surface area (Å²) in [5.41, 5.74) is 0. The van der Waals surface area contributed by atoms with Gasteiger partial charge >= 0.3 is 5.97 Å². The highest BCUT2D eigenvalue weighted by Crippen LogP contribution is 1.88. The van der Waals surface area contributed by atoms with Gasteiger partial charge in [-0.25, -0.2) is 8.42 Å². The fourth-order valence-electron chi connectivity index (χ4n) is 0.663. The smallest absolute Gasteiger partial charge is 0.320 e. The molecule has 0 aromatic heterocycles. The van der Waals surface area contributed by atoms with Gasteiger partial charge in [0.05, 0.1) is 5.75 Å². The maximum atomic E-state index is 11.0. The SMILES string of the molecule is CCS(=O)(=O)CCN[C@@H](C)C(=O)O. The number of carboxylic acid groups (broad SMARTS) is 1. The van der Waals surface area contributed by atoms with Crippen molar-refractivity contribution in [1.82, 2.24) is 5.32 Å². The molecule has 6 heteroatoms. The predicted molar refractivity (Wildman–Crippen MR) is 49.4 cm³/mol. The second-order valence-electron chi connectivity index (χ2n) is 2.75. The van der Waals surface area contributed by atoms with Crippen molar-refractivity contribution in [2.24, 2.45) is 0 Å². The Morgan fingerprint density at radius 3 is 2.46 bits per heavy atom. The van der Waals surface area contributed by atoms with Crippen LogP contribution in [0.2, 0.25) is 0 Å². The van der Waals surface area contributed by atoms with Gasteiger partial charge in [-0.15, -0.1) is 0 Å². The first kappa shape index (κ1) is 12.4. The van der Waals surface area contributed by atoms with Gasteiger partial charge in [-0.3, -0.25) is 4.79 Å². The van der Waals surface area contributed by atoms with Crippen LogP contribution in [0.4, 0.5) is 0 Å². The molecule has 1 atom stereocenters. The van der Waals surface area contributed by atoms with E-state index in [1.54, 1.807) is 6.92 Å². The first-order valence-electron chi connectivity index (χ1n) is 4.05. The minimum absolute atomic E-state index is 0.0128. The zero-order chi connectivity index (χ0) is 10.5. The molecule has 0 amide bonds. The molecule has 0 heterocycles. The molecule has 0 spiro atoms. The topological polar surface area (TPSA) is 83.5 Å². The molecule has 0 rings (SSSR count). The average molecular weight is 209 g/mol. The van der Waals surface area contributed by atoms with Crippen molar-refractivity contribution in [2.45, 2.75) is 19.9 Å². The molecule has 0 saturated carbocycles. The number of rotatable bonds is 6. The van der Waals surface area contributed by atoms with Gasteiger partial charge in [-0.1, -0.05) is 6.92 Å². The summed E-state index contributed by atoms with van der Waals surface area (Å²) in [6.45, 7) is 3.22. The standard InChI is InChI=1S/C7H15NO4S/c1-3-13(11,12)5-4-8-6(2)7(9)10/h6,8H,3-5H2,1-2H3,(H,9,10)/t6-/m0/s1. The van der Waals surface area contributed by atoms with Gasteiger partial charge in [0.1, 0.15) is 6.04 Å².